The molecule has 17 heavy (non-hydrogen) atoms. The van der Waals surface area contributed by atoms with Crippen molar-refractivity contribution in [3.05, 3.63) is 34.3 Å². The average molecular weight is 297 g/mol. The van der Waals surface area contributed by atoms with Gasteiger partial charge in [0.2, 0.25) is 0 Å². The summed E-state index contributed by atoms with van der Waals surface area (Å²) in [7, 11) is 0. The summed E-state index contributed by atoms with van der Waals surface area (Å²) in [4.78, 5) is 0. The van der Waals surface area contributed by atoms with Gasteiger partial charge in [-0.05, 0) is 30.4 Å². The van der Waals surface area contributed by atoms with Crippen LogP contribution in [-0.4, -0.2) is 6.10 Å². The predicted molar refractivity (Wildman–Crippen MR) is 75.0 cm³/mol. The Morgan fingerprint density at radius 3 is 2.76 bits per heavy atom. The smallest absolute Gasteiger partial charge is 0.0731 e. The highest BCUT2D eigenvalue weighted by molar-refractivity contribution is 9.10. The molecule has 0 saturated heterocycles. The zero-order chi connectivity index (χ0) is 12.1. The summed E-state index contributed by atoms with van der Waals surface area (Å²) in [5.74, 6) is 0.770. The van der Waals surface area contributed by atoms with Crippen molar-refractivity contribution in [2.75, 3.05) is 0 Å². The van der Waals surface area contributed by atoms with E-state index >= 15 is 0 Å². The lowest BCUT2D eigenvalue weighted by atomic mass is 9.85. The Balaban J connectivity index is 1.90. The Bertz CT molecular complexity index is 351. The quantitative estimate of drug-likeness (QED) is 0.765. The molecule has 2 atom stereocenters. The number of rotatable bonds is 4. The summed E-state index contributed by atoms with van der Waals surface area (Å²) in [6, 6.07) is 8.33. The van der Waals surface area contributed by atoms with Crippen molar-refractivity contribution >= 4 is 15.9 Å². The van der Waals surface area contributed by atoms with Crippen molar-refractivity contribution in [3.8, 4) is 0 Å². The van der Waals surface area contributed by atoms with Crippen LogP contribution < -0.4 is 0 Å². The summed E-state index contributed by atoms with van der Waals surface area (Å²) in [6.07, 6.45) is 7.02. The van der Waals surface area contributed by atoms with E-state index in [1.54, 1.807) is 0 Å². The molecule has 1 aromatic rings. The lowest BCUT2D eigenvalue weighted by Gasteiger charge is -2.30. The van der Waals surface area contributed by atoms with E-state index in [4.69, 9.17) is 4.74 Å². The zero-order valence-corrected chi connectivity index (χ0v) is 12.1. The molecule has 2 rings (SSSR count). The third-order valence-corrected chi connectivity index (χ3v) is 4.55. The second-order valence-corrected chi connectivity index (χ2v) is 5.75. The molecule has 1 fully saturated rings. The third kappa shape index (κ3) is 3.56. The van der Waals surface area contributed by atoms with E-state index < -0.39 is 0 Å². The van der Waals surface area contributed by atoms with Crippen LogP contribution in [-0.2, 0) is 11.3 Å². The van der Waals surface area contributed by atoms with Crippen LogP contribution in [0.2, 0.25) is 0 Å². The second kappa shape index (κ2) is 6.55. The van der Waals surface area contributed by atoms with Gasteiger partial charge in [0.25, 0.3) is 0 Å². The van der Waals surface area contributed by atoms with Gasteiger partial charge in [-0.25, -0.2) is 0 Å². The molecule has 2 unspecified atom stereocenters. The number of hydrogen-bond donors (Lipinski definition) is 0. The van der Waals surface area contributed by atoms with E-state index in [1.807, 2.05) is 6.07 Å². The van der Waals surface area contributed by atoms with Crippen molar-refractivity contribution in [1.29, 1.82) is 0 Å². The summed E-state index contributed by atoms with van der Waals surface area (Å²) >= 11 is 3.57. The van der Waals surface area contributed by atoms with E-state index in [9.17, 15) is 0 Å². The molecular formula is C15H21BrO. The van der Waals surface area contributed by atoms with Crippen LogP contribution in [0, 0.1) is 5.92 Å². The molecule has 0 spiro atoms. The van der Waals surface area contributed by atoms with Gasteiger partial charge in [-0.2, -0.15) is 0 Å². The van der Waals surface area contributed by atoms with Gasteiger partial charge in [-0.3, -0.25) is 0 Å². The molecule has 1 aliphatic rings. The van der Waals surface area contributed by atoms with Crippen LogP contribution in [0.5, 0.6) is 0 Å². The van der Waals surface area contributed by atoms with Crippen LogP contribution in [0.25, 0.3) is 0 Å². The molecule has 1 saturated carbocycles. The average Bonchev–Trinajstić information content (AvgIpc) is 2.38. The van der Waals surface area contributed by atoms with Gasteiger partial charge in [0.15, 0.2) is 0 Å². The van der Waals surface area contributed by atoms with Crippen LogP contribution in [0.15, 0.2) is 28.7 Å². The van der Waals surface area contributed by atoms with Crippen LogP contribution >= 0.6 is 15.9 Å². The van der Waals surface area contributed by atoms with Gasteiger partial charge in [-0.15, -0.1) is 0 Å². The fourth-order valence-electron chi connectivity index (χ4n) is 2.67. The van der Waals surface area contributed by atoms with E-state index in [2.05, 4.69) is 41.1 Å². The molecular weight excluding hydrogens is 276 g/mol. The molecule has 2 heteroatoms. The van der Waals surface area contributed by atoms with Crippen LogP contribution in [0.1, 0.15) is 44.6 Å². The predicted octanol–water partition coefficient (Wildman–Crippen LogP) is 4.93. The van der Waals surface area contributed by atoms with Gasteiger partial charge in [0, 0.05) is 4.47 Å². The highest BCUT2D eigenvalue weighted by Crippen LogP contribution is 2.30. The van der Waals surface area contributed by atoms with Gasteiger partial charge in [0.05, 0.1) is 12.7 Å². The van der Waals surface area contributed by atoms with Crippen molar-refractivity contribution in [1.82, 2.24) is 0 Å². The Morgan fingerprint density at radius 2 is 2.00 bits per heavy atom. The lowest BCUT2D eigenvalue weighted by molar-refractivity contribution is -0.0224. The first-order chi connectivity index (χ1) is 8.31. The molecule has 0 aromatic heterocycles. The summed E-state index contributed by atoms with van der Waals surface area (Å²) < 4.78 is 7.28. The summed E-state index contributed by atoms with van der Waals surface area (Å²) in [6.45, 7) is 3.02. The van der Waals surface area contributed by atoms with Crippen LogP contribution in [0.4, 0.5) is 0 Å². The highest BCUT2D eigenvalue weighted by Gasteiger charge is 2.24. The maximum Gasteiger partial charge on any atom is 0.0731 e. The third-order valence-electron chi connectivity index (χ3n) is 3.77. The maximum atomic E-state index is 6.12. The van der Waals surface area contributed by atoms with E-state index in [-0.39, 0.29) is 0 Å². The van der Waals surface area contributed by atoms with Crippen molar-refractivity contribution in [2.24, 2.45) is 5.92 Å². The largest absolute Gasteiger partial charge is 0.373 e. The molecule has 0 aliphatic heterocycles. The first-order valence-electron chi connectivity index (χ1n) is 6.66. The Hall–Kier alpha value is -0.340. The monoisotopic (exact) mass is 296 g/mol. The first-order valence-corrected chi connectivity index (χ1v) is 7.45. The number of benzene rings is 1. The SMILES string of the molecule is CCC1CCCCC1OCc1ccccc1Br. The minimum absolute atomic E-state index is 0.473. The summed E-state index contributed by atoms with van der Waals surface area (Å²) in [5, 5.41) is 0. The molecule has 1 aliphatic carbocycles. The minimum atomic E-state index is 0.473. The van der Waals surface area contributed by atoms with Gasteiger partial charge in [0.1, 0.15) is 0 Å². The molecule has 0 bridgehead atoms. The normalized spacial score (nSPS) is 24.8. The number of ether oxygens (including phenoxy) is 1. The highest BCUT2D eigenvalue weighted by atomic mass is 79.9. The molecule has 1 nitrogen and oxygen atoms in total. The topological polar surface area (TPSA) is 9.23 Å². The molecule has 0 N–H and O–H groups in total. The molecule has 0 heterocycles. The number of halogens is 1. The fraction of sp³-hybridized carbons (Fsp3) is 0.600. The van der Waals surface area contributed by atoms with Crippen molar-refractivity contribution in [2.45, 2.75) is 51.7 Å². The molecule has 0 amide bonds. The minimum Gasteiger partial charge on any atom is -0.373 e. The van der Waals surface area contributed by atoms with E-state index in [1.165, 1.54) is 37.7 Å². The standard InChI is InChI=1S/C15H21BrO/c1-2-12-7-4-6-10-15(12)17-11-13-8-3-5-9-14(13)16/h3,5,8-9,12,15H,2,4,6-7,10-11H2,1H3. The van der Waals surface area contributed by atoms with E-state index in [0.717, 1.165) is 17.0 Å². The molecule has 0 radical (unpaired) electrons. The Kier molecular flexibility index (Phi) is 5.05. The van der Waals surface area contributed by atoms with E-state index in [0.29, 0.717) is 6.10 Å². The summed E-state index contributed by atoms with van der Waals surface area (Å²) in [5.41, 5.74) is 1.26. The second-order valence-electron chi connectivity index (χ2n) is 4.89. The first kappa shape index (κ1) is 13.1. The number of hydrogen-bond acceptors (Lipinski definition) is 1. The maximum absolute atomic E-state index is 6.12. The van der Waals surface area contributed by atoms with Crippen LogP contribution in [0.3, 0.4) is 0 Å². The Labute approximate surface area is 113 Å². The zero-order valence-electron chi connectivity index (χ0n) is 10.5. The van der Waals surface area contributed by atoms with Gasteiger partial charge < -0.3 is 4.74 Å². The Morgan fingerprint density at radius 1 is 1.24 bits per heavy atom. The lowest BCUT2D eigenvalue weighted by Crippen LogP contribution is -2.27. The molecule has 1 aromatic carbocycles. The molecule has 94 valence electrons. The van der Waals surface area contributed by atoms with Gasteiger partial charge >= 0.3 is 0 Å². The van der Waals surface area contributed by atoms with Crippen molar-refractivity contribution in [3.63, 3.8) is 0 Å². The van der Waals surface area contributed by atoms with Crippen molar-refractivity contribution < 1.29 is 4.74 Å². The van der Waals surface area contributed by atoms with Gasteiger partial charge in [-0.1, -0.05) is 60.3 Å². The fourth-order valence-corrected chi connectivity index (χ4v) is 3.07.